The number of aryl methyl sites for hydroxylation is 1. The molecule has 0 saturated heterocycles. The van der Waals surface area contributed by atoms with Crippen molar-refractivity contribution in [2.24, 2.45) is 5.73 Å². The maximum atomic E-state index is 11.7. The van der Waals surface area contributed by atoms with Gasteiger partial charge < -0.3 is 10.6 Å². The minimum Gasteiger partial charge on any atom is -0.340 e. The highest BCUT2D eigenvalue weighted by atomic mass is 16.2. The number of carbonyl (C=O) groups is 1. The molecular weight excluding hydrogens is 176 g/mol. The molecule has 2 N–H and O–H groups in total. The zero-order valence-corrected chi connectivity index (χ0v) is 8.66. The van der Waals surface area contributed by atoms with E-state index in [2.05, 4.69) is 0 Å². The molecule has 1 aromatic rings. The van der Waals surface area contributed by atoms with Gasteiger partial charge in [-0.25, -0.2) is 0 Å². The third-order valence-corrected chi connectivity index (χ3v) is 2.11. The number of benzene rings is 1. The van der Waals surface area contributed by atoms with E-state index in [9.17, 15) is 4.79 Å². The first-order chi connectivity index (χ1) is 6.65. The topological polar surface area (TPSA) is 46.3 Å². The summed E-state index contributed by atoms with van der Waals surface area (Å²) in [5.41, 5.74) is 7.25. The van der Waals surface area contributed by atoms with E-state index < -0.39 is 0 Å². The molecule has 0 heterocycles. The Bertz CT molecular complexity index is 306. The second kappa shape index (κ2) is 4.77. The van der Waals surface area contributed by atoms with Crippen LogP contribution in [0.4, 0.5) is 0 Å². The second-order valence-corrected chi connectivity index (χ2v) is 3.38. The van der Waals surface area contributed by atoms with E-state index in [4.69, 9.17) is 5.73 Å². The molecule has 0 aromatic heterocycles. The summed E-state index contributed by atoms with van der Waals surface area (Å²) in [6, 6.07) is 7.54. The van der Waals surface area contributed by atoms with E-state index in [0.29, 0.717) is 18.7 Å². The Hall–Kier alpha value is -1.35. The van der Waals surface area contributed by atoms with Crippen molar-refractivity contribution in [1.82, 2.24) is 4.90 Å². The van der Waals surface area contributed by atoms with E-state index in [1.54, 1.807) is 11.9 Å². The lowest BCUT2D eigenvalue weighted by atomic mass is 10.1. The molecule has 1 amide bonds. The van der Waals surface area contributed by atoms with Crippen LogP contribution in [0.3, 0.4) is 0 Å². The molecular formula is C11H16N2O. The highest BCUT2D eigenvalue weighted by Gasteiger charge is 2.09. The summed E-state index contributed by atoms with van der Waals surface area (Å²) in [5, 5.41) is 0. The number of amides is 1. The zero-order valence-electron chi connectivity index (χ0n) is 8.66. The fourth-order valence-electron chi connectivity index (χ4n) is 1.21. The first-order valence-corrected chi connectivity index (χ1v) is 4.67. The normalized spacial score (nSPS) is 9.93. The lowest BCUT2D eigenvalue weighted by molar-refractivity contribution is 0.0799. The lowest BCUT2D eigenvalue weighted by Gasteiger charge is -2.15. The minimum absolute atomic E-state index is 0.0236. The van der Waals surface area contributed by atoms with Crippen LogP contribution >= 0.6 is 0 Å². The molecule has 0 spiro atoms. The molecule has 0 atom stereocenters. The molecule has 1 rings (SSSR count). The van der Waals surface area contributed by atoms with E-state index in [0.717, 1.165) is 5.56 Å². The molecule has 14 heavy (non-hydrogen) atoms. The van der Waals surface area contributed by atoms with Gasteiger partial charge in [0.25, 0.3) is 5.91 Å². The number of nitrogens with zero attached hydrogens (tertiary/aromatic N) is 1. The number of likely N-dealkylation sites (N-methyl/N-ethyl adjacent to an activating group) is 1. The highest BCUT2D eigenvalue weighted by Crippen LogP contribution is 2.05. The highest BCUT2D eigenvalue weighted by molar-refractivity contribution is 5.94. The van der Waals surface area contributed by atoms with Crippen LogP contribution in [0.25, 0.3) is 0 Å². The fraction of sp³-hybridized carbons (Fsp3) is 0.364. The van der Waals surface area contributed by atoms with Crippen molar-refractivity contribution in [1.29, 1.82) is 0 Å². The molecule has 0 fully saturated rings. The summed E-state index contributed by atoms with van der Waals surface area (Å²) in [4.78, 5) is 13.3. The molecule has 0 unspecified atom stereocenters. The molecule has 0 aliphatic carbocycles. The van der Waals surface area contributed by atoms with Crippen molar-refractivity contribution in [2.45, 2.75) is 6.92 Å². The number of nitrogens with two attached hydrogens (primary N) is 1. The average molecular weight is 192 g/mol. The van der Waals surface area contributed by atoms with Crippen molar-refractivity contribution in [3.05, 3.63) is 35.4 Å². The zero-order chi connectivity index (χ0) is 10.6. The van der Waals surface area contributed by atoms with Crippen LogP contribution < -0.4 is 5.73 Å². The predicted octanol–water partition coefficient (Wildman–Crippen LogP) is 1.03. The van der Waals surface area contributed by atoms with Crippen molar-refractivity contribution in [2.75, 3.05) is 20.1 Å². The Labute approximate surface area is 84.5 Å². The molecule has 0 saturated carbocycles. The van der Waals surface area contributed by atoms with Crippen LogP contribution in [0.5, 0.6) is 0 Å². The summed E-state index contributed by atoms with van der Waals surface area (Å²) < 4.78 is 0. The van der Waals surface area contributed by atoms with Crippen LogP contribution in [0.1, 0.15) is 15.9 Å². The quantitative estimate of drug-likeness (QED) is 0.777. The van der Waals surface area contributed by atoms with Crippen LogP contribution in [0.15, 0.2) is 24.3 Å². The first kappa shape index (κ1) is 10.7. The SMILES string of the molecule is Cc1ccc(C(=O)N(C)CCN)cc1. The van der Waals surface area contributed by atoms with Crippen LogP contribution in [-0.2, 0) is 0 Å². The Morgan fingerprint density at radius 1 is 1.36 bits per heavy atom. The third kappa shape index (κ3) is 2.57. The van der Waals surface area contributed by atoms with Crippen LogP contribution in [-0.4, -0.2) is 30.9 Å². The van der Waals surface area contributed by atoms with Gasteiger partial charge in [0.05, 0.1) is 0 Å². The van der Waals surface area contributed by atoms with Gasteiger partial charge in [0.15, 0.2) is 0 Å². The second-order valence-electron chi connectivity index (χ2n) is 3.38. The van der Waals surface area contributed by atoms with Gasteiger partial charge in [-0.05, 0) is 19.1 Å². The monoisotopic (exact) mass is 192 g/mol. The van der Waals surface area contributed by atoms with Gasteiger partial charge in [0, 0.05) is 25.7 Å². The first-order valence-electron chi connectivity index (χ1n) is 4.67. The number of hydrogen-bond acceptors (Lipinski definition) is 2. The standard InChI is InChI=1S/C11H16N2O/c1-9-3-5-10(6-4-9)11(14)13(2)8-7-12/h3-6H,7-8,12H2,1-2H3. The van der Waals surface area contributed by atoms with Crippen molar-refractivity contribution < 1.29 is 4.79 Å². The maximum Gasteiger partial charge on any atom is 0.253 e. The van der Waals surface area contributed by atoms with Gasteiger partial charge in [-0.15, -0.1) is 0 Å². The van der Waals surface area contributed by atoms with E-state index in [-0.39, 0.29) is 5.91 Å². The van der Waals surface area contributed by atoms with Crippen molar-refractivity contribution >= 4 is 5.91 Å². The van der Waals surface area contributed by atoms with Gasteiger partial charge in [-0.3, -0.25) is 4.79 Å². The summed E-state index contributed by atoms with van der Waals surface area (Å²) in [6.45, 7) is 3.08. The van der Waals surface area contributed by atoms with Gasteiger partial charge in [0.1, 0.15) is 0 Å². The maximum absolute atomic E-state index is 11.7. The van der Waals surface area contributed by atoms with Gasteiger partial charge in [-0.1, -0.05) is 17.7 Å². The Balaban J connectivity index is 2.74. The minimum atomic E-state index is 0.0236. The summed E-state index contributed by atoms with van der Waals surface area (Å²) in [5.74, 6) is 0.0236. The molecule has 76 valence electrons. The van der Waals surface area contributed by atoms with E-state index in [1.807, 2.05) is 31.2 Å². The Morgan fingerprint density at radius 2 is 1.93 bits per heavy atom. The summed E-state index contributed by atoms with van der Waals surface area (Å²) in [6.07, 6.45) is 0. The molecule has 0 radical (unpaired) electrons. The smallest absolute Gasteiger partial charge is 0.253 e. The predicted molar refractivity (Wildman–Crippen MR) is 57.2 cm³/mol. The van der Waals surface area contributed by atoms with Crippen molar-refractivity contribution in [3.63, 3.8) is 0 Å². The number of rotatable bonds is 3. The molecule has 1 aromatic carbocycles. The lowest BCUT2D eigenvalue weighted by Crippen LogP contribution is -2.31. The number of carbonyl (C=O) groups excluding carboxylic acids is 1. The number of hydrogen-bond donors (Lipinski definition) is 1. The summed E-state index contributed by atoms with van der Waals surface area (Å²) >= 11 is 0. The molecule has 3 nitrogen and oxygen atoms in total. The van der Waals surface area contributed by atoms with Crippen LogP contribution in [0, 0.1) is 6.92 Å². The van der Waals surface area contributed by atoms with Crippen LogP contribution in [0.2, 0.25) is 0 Å². The molecule has 3 heteroatoms. The van der Waals surface area contributed by atoms with E-state index >= 15 is 0 Å². The van der Waals surface area contributed by atoms with Gasteiger partial charge in [0.2, 0.25) is 0 Å². The average Bonchev–Trinajstić information content (AvgIpc) is 2.18. The summed E-state index contributed by atoms with van der Waals surface area (Å²) in [7, 11) is 1.76. The largest absolute Gasteiger partial charge is 0.340 e. The third-order valence-electron chi connectivity index (χ3n) is 2.11. The molecule has 0 aliphatic rings. The fourth-order valence-corrected chi connectivity index (χ4v) is 1.21. The van der Waals surface area contributed by atoms with Gasteiger partial charge >= 0.3 is 0 Å². The Kier molecular flexibility index (Phi) is 3.65. The molecule has 0 aliphatic heterocycles. The Morgan fingerprint density at radius 3 is 2.43 bits per heavy atom. The van der Waals surface area contributed by atoms with Gasteiger partial charge in [-0.2, -0.15) is 0 Å². The van der Waals surface area contributed by atoms with E-state index in [1.165, 1.54) is 0 Å². The van der Waals surface area contributed by atoms with Crippen molar-refractivity contribution in [3.8, 4) is 0 Å². The molecule has 0 bridgehead atoms.